The second-order valence-electron chi connectivity index (χ2n) is 7.04. The monoisotopic (exact) mass is 437 g/mol. The van der Waals surface area contributed by atoms with Crippen LogP contribution in [-0.4, -0.2) is 46.3 Å². The fourth-order valence-corrected chi connectivity index (χ4v) is 3.68. The van der Waals surface area contributed by atoms with Gasteiger partial charge < -0.3 is 9.32 Å². The Morgan fingerprint density at radius 2 is 1.77 bits per heavy atom. The topological polar surface area (TPSA) is 58.3 Å². The zero-order valence-corrected chi connectivity index (χ0v) is 16.9. The van der Waals surface area contributed by atoms with E-state index >= 15 is 0 Å². The van der Waals surface area contributed by atoms with Crippen LogP contribution in [0.15, 0.2) is 47.0 Å². The quantitative estimate of drug-likeness (QED) is 0.590. The standard InChI is InChI=1S/C20H19ClF3N5O/c1-13(18-26-27-19(30-18)14-5-3-2-4-6-14)28-7-9-29(10-8-28)17-16(21)11-15(12-25-17)20(22,23)24/h2-6,11-13H,7-10H2,1H3. The van der Waals surface area contributed by atoms with Crippen LogP contribution in [0.1, 0.15) is 24.4 Å². The molecule has 4 rings (SSSR count). The van der Waals surface area contributed by atoms with Crippen molar-refractivity contribution in [2.75, 3.05) is 31.1 Å². The summed E-state index contributed by atoms with van der Waals surface area (Å²) >= 11 is 6.07. The first kappa shape index (κ1) is 20.6. The van der Waals surface area contributed by atoms with Gasteiger partial charge in [0.25, 0.3) is 0 Å². The van der Waals surface area contributed by atoms with Crippen molar-refractivity contribution in [1.82, 2.24) is 20.1 Å². The summed E-state index contributed by atoms with van der Waals surface area (Å²) in [5.74, 6) is 1.35. The molecule has 3 aromatic rings. The second-order valence-corrected chi connectivity index (χ2v) is 7.44. The summed E-state index contributed by atoms with van der Waals surface area (Å²) in [4.78, 5) is 8.01. The van der Waals surface area contributed by atoms with Gasteiger partial charge in [-0.1, -0.05) is 29.8 Å². The van der Waals surface area contributed by atoms with Gasteiger partial charge in [0, 0.05) is 37.9 Å². The lowest BCUT2D eigenvalue weighted by molar-refractivity contribution is -0.137. The van der Waals surface area contributed by atoms with Crippen LogP contribution < -0.4 is 4.90 Å². The second kappa shape index (κ2) is 8.23. The maximum Gasteiger partial charge on any atom is 0.417 e. The van der Waals surface area contributed by atoms with Gasteiger partial charge in [-0.05, 0) is 25.1 Å². The number of pyridine rings is 1. The van der Waals surface area contributed by atoms with E-state index in [4.69, 9.17) is 16.0 Å². The molecule has 2 aromatic heterocycles. The Balaban J connectivity index is 1.41. The average molecular weight is 438 g/mol. The molecule has 6 nitrogen and oxygen atoms in total. The molecular formula is C20H19ClF3N5O. The molecule has 0 amide bonds. The summed E-state index contributed by atoms with van der Waals surface area (Å²) in [7, 11) is 0. The first-order valence-electron chi connectivity index (χ1n) is 9.43. The van der Waals surface area contributed by atoms with Crippen LogP contribution >= 0.6 is 11.6 Å². The normalized spacial score (nSPS) is 16.6. The van der Waals surface area contributed by atoms with E-state index in [0.717, 1.165) is 17.8 Å². The minimum atomic E-state index is -4.47. The van der Waals surface area contributed by atoms with Gasteiger partial charge in [0.05, 0.1) is 16.6 Å². The Hall–Kier alpha value is -2.65. The van der Waals surface area contributed by atoms with Crippen molar-refractivity contribution in [2.24, 2.45) is 0 Å². The molecule has 0 bridgehead atoms. The predicted octanol–water partition coefficient (Wildman–Crippen LogP) is 4.69. The van der Waals surface area contributed by atoms with Crippen molar-refractivity contribution < 1.29 is 17.6 Å². The zero-order chi connectivity index (χ0) is 21.3. The lowest BCUT2D eigenvalue weighted by Crippen LogP contribution is -2.47. The number of nitrogens with zero attached hydrogens (tertiary/aromatic N) is 5. The smallest absolute Gasteiger partial charge is 0.417 e. The van der Waals surface area contributed by atoms with E-state index in [9.17, 15) is 13.2 Å². The average Bonchev–Trinajstić information content (AvgIpc) is 3.24. The molecule has 3 heterocycles. The first-order valence-corrected chi connectivity index (χ1v) is 9.81. The largest absolute Gasteiger partial charge is 0.419 e. The molecule has 1 fully saturated rings. The van der Waals surface area contributed by atoms with Crippen molar-refractivity contribution in [3.63, 3.8) is 0 Å². The lowest BCUT2D eigenvalue weighted by atomic mass is 10.2. The van der Waals surface area contributed by atoms with Gasteiger partial charge in [-0.2, -0.15) is 13.2 Å². The number of benzene rings is 1. The van der Waals surface area contributed by atoms with Crippen molar-refractivity contribution >= 4 is 17.4 Å². The Morgan fingerprint density at radius 1 is 1.07 bits per heavy atom. The fourth-order valence-electron chi connectivity index (χ4n) is 3.40. The Bertz CT molecular complexity index is 1000. The van der Waals surface area contributed by atoms with E-state index in [0.29, 0.717) is 43.8 Å². The molecule has 0 saturated carbocycles. The first-order chi connectivity index (χ1) is 14.3. The van der Waals surface area contributed by atoms with Crippen molar-refractivity contribution in [1.29, 1.82) is 0 Å². The van der Waals surface area contributed by atoms with Crippen molar-refractivity contribution in [3.8, 4) is 11.5 Å². The van der Waals surface area contributed by atoms with E-state index in [1.54, 1.807) is 0 Å². The van der Waals surface area contributed by atoms with Gasteiger partial charge in [-0.25, -0.2) is 4.98 Å². The summed E-state index contributed by atoms with van der Waals surface area (Å²) in [6.07, 6.45) is -3.65. The number of hydrogen-bond acceptors (Lipinski definition) is 6. The summed E-state index contributed by atoms with van der Waals surface area (Å²) in [6, 6.07) is 10.4. The summed E-state index contributed by atoms with van der Waals surface area (Å²) in [5.41, 5.74) is 0.00501. The molecule has 1 aliphatic heterocycles. The fraction of sp³-hybridized carbons (Fsp3) is 0.350. The zero-order valence-electron chi connectivity index (χ0n) is 16.1. The van der Waals surface area contributed by atoms with Crippen LogP contribution in [0, 0.1) is 0 Å². The molecule has 0 spiro atoms. The molecule has 1 unspecified atom stereocenters. The van der Waals surface area contributed by atoms with Crippen LogP contribution in [0.3, 0.4) is 0 Å². The van der Waals surface area contributed by atoms with Crippen LogP contribution in [0.5, 0.6) is 0 Å². The van der Waals surface area contributed by atoms with Crippen LogP contribution in [0.2, 0.25) is 5.02 Å². The minimum absolute atomic E-state index is 0.00396. The third-order valence-electron chi connectivity index (χ3n) is 5.13. The minimum Gasteiger partial charge on any atom is -0.419 e. The number of aromatic nitrogens is 3. The summed E-state index contributed by atoms with van der Waals surface area (Å²) in [5, 5.41) is 8.31. The highest BCUT2D eigenvalue weighted by molar-refractivity contribution is 6.33. The van der Waals surface area contributed by atoms with Crippen LogP contribution in [0.25, 0.3) is 11.5 Å². The van der Waals surface area contributed by atoms with Crippen molar-refractivity contribution in [2.45, 2.75) is 19.1 Å². The number of halogens is 4. The highest BCUT2D eigenvalue weighted by Crippen LogP contribution is 2.34. The highest BCUT2D eigenvalue weighted by Gasteiger charge is 2.33. The summed E-state index contributed by atoms with van der Waals surface area (Å²) in [6.45, 7) is 4.44. The van der Waals surface area contributed by atoms with Gasteiger partial charge >= 0.3 is 6.18 Å². The van der Waals surface area contributed by atoms with E-state index in [1.807, 2.05) is 42.2 Å². The maximum atomic E-state index is 12.8. The molecule has 0 aliphatic carbocycles. The van der Waals surface area contributed by atoms with E-state index in [-0.39, 0.29) is 11.1 Å². The van der Waals surface area contributed by atoms with E-state index in [2.05, 4.69) is 20.1 Å². The number of hydrogen-bond donors (Lipinski definition) is 0. The molecule has 10 heteroatoms. The SMILES string of the molecule is CC(c1nnc(-c2ccccc2)o1)N1CCN(c2ncc(C(F)(F)F)cc2Cl)CC1. The van der Waals surface area contributed by atoms with Gasteiger partial charge in [0.1, 0.15) is 5.82 Å². The highest BCUT2D eigenvalue weighted by atomic mass is 35.5. The molecule has 1 atom stereocenters. The lowest BCUT2D eigenvalue weighted by Gasteiger charge is -2.37. The third kappa shape index (κ3) is 4.27. The number of alkyl halides is 3. The third-order valence-corrected chi connectivity index (χ3v) is 5.41. The molecule has 0 radical (unpaired) electrons. The van der Waals surface area contributed by atoms with Crippen LogP contribution in [0.4, 0.5) is 19.0 Å². The Labute approximate surface area is 176 Å². The van der Waals surface area contributed by atoms with Gasteiger partial charge in [-0.15, -0.1) is 10.2 Å². The molecule has 158 valence electrons. The Morgan fingerprint density at radius 3 is 2.40 bits per heavy atom. The molecule has 0 N–H and O–H groups in total. The van der Waals surface area contributed by atoms with E-state index in [1.165, 1.54) is 0 Å². The van der Waals surface area contributed by atoms with Crippen LogP contribution in [-0.2, 0) is 6.18 Å². The maximum absolute atomic E-state index is 12.8. The van der Waals surface area contributed by atoms with Crippen molar-refractivity contribution in [3.05, 3.63) is 59.1 Å². The molecular weight excluding hydrogens is 419 g/mol. The number of anilines is 1. The molecule has 1 saturated heterocycles. The predicted molar refractivity (Wildman–Crippen MR) is 106 cm³/mol. The Kier molecular flexibility index (Phi) is 5.66. The number of rotatable bonds is 4. The summed E-state index contributed by atoms with van der Waals surface area (Å²) < 4.78 is 44.3. The molecule has 1 aliphatic rings. The van der Waals surface area contributed by atoms with Gasteiger partial charge in [-0.3, -0.25) is 4.90 Å². The van der Waals surface area contributed by atoms with Gasteiger partial charge in [0.15, 0.2) is 0 Å². The molecule has 30 heavy (non-hydrogen) atoms. The molecule has 1 aromatic carbocycles. The van der Waals surface area contributed by atoms with E-state index < -0.39 is 11.7 Å². The number of piperazine rings is 1. The van der Waals surface area contributed by atoms with Gasteiger partial charge in [0.2, 0.25) is 11.8 Å².